The van der Waals surface area contributed by atoms with Gasteiger partial charge in [0.15, 0.2) is 0 Å². The van der Waals surface area contributed by atoms with Gasteiger partial charge >= 0.3 is 0 Å². The topological polar surface area (TPSA) is 21.3 Å². The van der Waals surface area contributed by atoms with Gasteiger partial charge in [-0.25, -0.2) is 4.39 Å². The molecule has 1 unspecified atom stereocenters. The molecule has 0 fully saturated rings. The Bertz CT molecular complexity index is 421. The van der Waals surface area contributed by atoms with Crippen LogP contribution in [0.25, 0.3) is 0 Å². The summed E-state index contributed by atoms with van der Waals surface area (Å²) < 4.78 is 19.2. The molecule has 4 heteroatoms. The lowest BCUT2D eigenvalue weighted by Crippen LogP contribution is -2.52. The summed E-state index contributed by atoms with van der Waals surface area (Å²) >= 11 is 6.14. The summed E-state index contributed by atoms with van der Waals surface area (Å²) in [7, 11) is 1.93. The second kappa shape index (κ2) is 7.96. The van der Waals surface area contributed by atoms with Gasteiger partial charge in [0, 0.05) is 17.7 Å². The van der Waals surface area contributed by atoms with E-state index in [0.29, 0.717) is 11.6 Å². The molecule has 0 saturated carbocycles. The van der Waals surface area contributed by atoms with E-state index in [0.717, 1.165) is 24.8 Å². The molecule has 1 atom stereocenters. The zero-order valence-electron chi connectivity index (χ0n) is 12.8. The fourth-order valence-corrected chi connectivity index (χ4v) is 3.04. The van der Waals surface area contributed by atoms with Crippen LogP contribution < -0.4 is 5.32 Å². The minimum absolute atomic E-state index is 0.139. The molecule has 2 nitrogen and oxygen atoms in total. The molecule has 1 N–H and O–H groups in total. The third-order valence-electron chi connectivity index (χ3n) is 4.05. The second-order valence-electron chi connectivity index (χ2n) is 4.99. The summed E-state index contributed by atoms with van der Waals surface area (Å²) in [4.78, 5) is 0. The monoisotopic (exact) mass is 301 g/mol. The number of benzene rings is 1. The van der Waals surface area contributed by atoms with Crippen LogP contribution in [-0.4, -0.2) is 25.3 Å². The molecule has 1 rings (SSSR count). The van der Waals surface area contributed by atoms with Crippen LogP contribution in [0.3, 0.4) is 0 Å². The molecule has 0 aliphatic heterocycles. The van der Waals surface area contributed by atoms with Gasteiger partial charge in [-0.15, -0.1) is 0 Å². The smallest absolute Gasteiger partial charge is 0.124 e. The van der Waals surface area contributed by atoms with Crippen molar-refractivity contribution in [2.45, 2.75) is 51.7 Å². The minimum Gasteiger partial charge on any atom is -0.374 e. The van der Waals surface area contributed by atoms with Crippen molar-refractivity contribution < 1.29 is 9.13 Å². The zero-order chi connectivity index (χ0) is 15.2. The lowest BCUT2D eigenvalue weighted by Gasteiger charge is -2.39. The molecular weight excluding hydrogens is 277 g/mol. The Hall–Kier alpha value is -0.640. The molecule has 1 aromatic carbocycles. The Labute approximate surface area is 126 Å². The first-order valence-electron chi connectivity index (χ1n) is 7.28. The quantitative estimate of drug-likeness (QED) is 0.777. The zero-order valence-corrected chi connectivity index (χ0v) is 13.6. The van der Waals surface area contributed by atoms with Gasteiger partial charge in [0.2, 0.25) is 0 Å². The van der Waals surface area contributed by atoms with Crippen LogP contribution in [0, 0.1) is 5.82 Å². The number of halogens is 2. The van der Waals surface area contributed by atoms with Crippen molar-refractivity contribution in [3.05, 3.63) is 34.6 Å². The van der Waals surface area contributed by atoms with Gasteiger partial charge in [0.05, 0.1) is 5.60 Å². The third-order valence-corrected chi connectivity index (χ3v) is 4.40. The van der Waals surface area contributed by atoms with E-state index in [1.807, 2.05) is 14.0 Å². The normalized spacial score (nSPS) is 13.5. The van der Waals surface area contributed by atoms with Crippen molar-refractivity contribution in [2.24, 2.45) is 0 Å². The Morgan fingerprint density at radius 2 is 1.95 bits per heavy atom. The number of likely N-dealkylation sites (N-methyl/N-ethyl adjacent to an activating group) is 1. The molecule has 20 heavy (non-hydrogen) atoms. The predicted octanol–water partition coefficient (Wildman–Crippen LogP) is 4.20. The van der Waals surface area contributed by atoms with Gasteiger partial charge in [-0.3, -0.25) is 0 Å². The van der Waals surface area contributed by atoms with Crippen LogP contribution in [0.5, 0.6) is 0 Å². The fraction of sp³-hybridized carbons (Fsp3) is 0.625. The van der Waals surface area contributed by atoms with Crippen molar-refractivity contribution >= 4 is 11.6 Å². The van der Waals surface area contributed by atoms with Crippen LogP contribution in [0.15, 0.2) is 18.2 Å². The van der Waals surface area contributed by atoms with E-state index >= 15 is 0 Å². The largest absolute Gasteiger partial charge is 0.374 e. The highest BCUT2D eigenvalue weighted by atomic mass is 35.5. The number of nitrogens with one attached hydrogen (secondary N) is 1. The lowest BCUT2D eigenvalue weighted by atomic mass is 9.84. The second-order valence-corrected chi connectivity index (χ2v) is 5.39. The maximum Gasteiger partial charge on any atom is 0.124 e. The van der Waals surface area contributed by atoms with Crippen LogP contribution in [0.4, 0.5) is 4.39 Å². The van der Waals surface area contributed by atoms with Gasteiger partial charge < -0.3 is 10.1 Å². The Balaban J connectivity index is 2.99. The highest BCUT2D eigenvalue weighted by molar-refractivity contribution is 6.31. The summed E-state index contributed by atoms with van der Waals surface area (Å²) in [6, 6.07) is 4.71. The van der Waals surface area contributed by atoms with E-state index in [2.05, 4.69) is 19.2 Å². The molecule has 0 radical (unpaired) electrons. The molecule has 0 saturated heterocycles. The van der Waals surface area contributed by atoms with E-state index in [1.165, 1.54) is 12.1 Å². The number of ether oxygens (including phenoxy) is 1. The standard InChI is InChI=1S/C16H25ClFNO/c1-5-16(6-2,20-7-3)15(19-4)10-12-8-9-13(18)11-14(12)17/h8-9,11,15,19H,5-7,10H2,1-4H3. The molecule has 0 amide bonds. The van der Waals surface area contributed by atoms with Crippen molar-refractivity contribution in [2.75, 3.05) is 13.7 Å². The average Bonchev–Trinajstić information content (AvgIpc) is 2.44. The van der Waals surface area contributed by atoms with Crippen LogP contribution >= 0.6 is 11.6 Å². The van der Waals surface area contributed by atoms with E-state index in [-0.39, 0.29) is 17.5 Å². The molecule has 0 aromatic heterocycles. The van der Waals surface area contributed by atoms with E-state index in [1.54, 1.807) is 6.07 Å². The summed E-state index contributed by atoms with van der Waals surface area (Å²) in [5, 5.41) is 3.82. The lowest BCUT2D eigenvalue weighted by molar-refractivity contribution is -0.0703. The Morgan fingerprint density at radius 3 is 2.40 bits per heavy atom. The molecule has 0 bridgehead atoms. The van der Waals surface area contributed by atoms with Crippen molar-refractivity contribution in [1.29, 1.82) is 0 Å². The maximum atomic E-state index is 13.1. The third kappa shape index (κ3) is 3.94. The Kier molecular flexibility index (Phi) is 6.93. The number of hydrogen-bond acceptors (Lipinski definition) is 2. The van der Waals surface area contributed by atoms with E-state index < -0.39 is 0 Å². The first kappa shape index (κ1) is 17.4. The summed E-state index contributed by atoms with van der Waals surface area (Å²) in [6.07, 6.45) is 2.56. The van der Waals surface area contributed by atoms with Crippen molar-refractivity contribution in [3.63, 3.8) is 0 Å². The van der Waals surface area contributed by atoms with E-state index in [4.69, 9.17) is 16.3 Å². The van der Waals surface area contributed by atoms with Gasteiger partial charge in [-0.05, 0) is 50.9 Å². The summed E-state index contributed by atoms with van der Waals surface area (Å²) in [5.74, 6) is -0.304. The minimum atomic E-state index is -0.304. The van der Waals surface area contributed by atoms with Crippen LogP contribution in [0.1, 0.15) is 39.2 Å². The molecule has 114 valence electrons. The van der Waals surface area contributed by atoms with Gasteiger partial charge in [-0.2, -0.15) is 0 Å². The fourth-order valence-electron chi connectivity index (χ4n) is 2.79. The van der Waals surface area contributed by atoms with Gasteiger partial charge in [0.25, 0.3) is 0 Å². The molecule has 0 aliphatic carbocycles. The SMILES string of the molecule is CCOC(CC)(CC)C(Cc1ccc(F)cc1Cl)NC. The summed E-state index contributed by atoms with van der Waals surface area (Å²) in [5.41, 5.74) is 0.722. The average molecular weight is 302 g/mol. The van der Waals surface area contributed by atoms with Gasteiger partial charge in [-0.1, -0.05) is 31.5 Å². The Morgan fingerprint density at radius 1 is 1.30 bits per heavy atom. The number of rotatable bonds is 8. The predicted molar refractivity (Wildman–Crippen MR) is 82.9 cm³/mol. The maximum absolute atomic E-state index is 13.1. The van der Waals surface area contributed by atoms with Crippen molar-refractivity contribution in [3.8, 4) is 0 Å². The molecule has 1 aromatic rings. The first-order valence-corrected chi connectivity index (χ1v) is 7.65. The number of hydrogen-bond donors (Lipinski definition) is 1. The van der Waals surface area contributed by atoms with Crippen LogP contribution in [-0.2, 0) is 11.2 Å². The van der Waals surface area contributed by atoms with Crippen LogP contribution in [0.2, 0.25) is 5.02 Å². The molecule has 0 spiro atoms. The molecule has 0 heterocycles. The van der Waals surface area contributed by atoms with Gasteiger partial charge in [0.1, 0.15) is 5.82 Å². The van der Waals surface area contributed by atoms with Crippen molar-refractivity contribution in [1.82, 2.24) is 5.32 Å². The highest BCUT2D eigenvalue weighted by Crippen LogP contribution is 2.29. The summed E-state index contributed by atoms with van der Waals surface area (Å²) in [6.45, 7) is 6.96. The highest BCUT2D eigenvalue weighted by Gasteiger charge is 2.35. The molecule has 0 aliphatic rings. The molecular formula is C16H25ClFNO. The first-order chi connectivity index (χ1) is 9.52. The van der Waals surface area contributed by atoms with E-state index in [9.17, 15) is 4.39 Å².